The Labute approximate surface area is 73.5 Å². The number of hydrogen-bond donors (Lipinski definition) is 2. The van der Waals surface area contributed by atoms with E-state index in [-0.39, 0.29) is 6.54 Å². The van der Waals surface area contributed by atoms with E-state index in [0.717, 1.165) is 6.42 Å². The number of carboxylic acids is 1. The maximum atomic E-state index is 10.0. The van der Waals surface area contributed by atoms with Crippen molar-refractivity contribution in [3.8, 4) is 0 Å². The van der Waals surface area contributed by atoms with Crippen molar-refractivity contribution >= 4 is 5.97 Å². The molecule has 0 bridgehead atoms. The summed E-state index contributed by atoms with van der Waals surface area (Å²) in [5.74, 6) is -0.826. The van der Waals surface area contributed by atoms with E-state index in [1.165, 1.54) is 19.3 Å². The Bertz CT molecular complexity index is 143. The van der Waals surface area contributed by atoms with Crippen molar-refractivity contribution in [1.29, 1.82) is 0 Å². The Hall–Kier alpha value is -0.990. The lowest BCUT2D eigenvalue weighted by Crippen LogP contribution is -2.16. The molecule has 0 aliphatic heterocycles. The van der Waals surface area contributed by atoms with Gasteiger partial charge in [-0.15, -0.1) is 0 Å². The molecule has 0 saturated carbocycles. The van der Waals surface area contributed by atoms with Gasteiger partial charge < -0.3 is 10.4 Å². The highest BCUT2D eigenvalue weighted by atomic mass is 16.4. The van der Waals surface area contributed by atoms with E-state index in [4.69, 9.17) is 5.11 Å². The fraction of sp³-hybridized carbons (Fsp3) is 0.667. The largest absolute Gasteiger partial charge is 0.480 e. The van der Waals surface area contributed by atoms with Crippen molar-refractivity contribution in [3.05, 3.63) is 12.3 Å². The standard InChI is InChI=1S/C9H17NO2/c1-2-3-4-5-6-7-10-8-9(11)12/h6-7,10H,2-5,8H2,1H3,(H,11,12). The van der Waals surface area contributed by atoms with Crippen molar-refractivity contribution < 1.29 is 9.90 Å². The molecule has 0 rings (SSSR count). The van der Waals surface area contributed by atoms with Crippen LogP contribution in [0.4, 0.5) is 0 Å². The van der Waals surface area contributed by atoms with Crippen LogP contribution in [0.25, 0.3) is 0 Å². The molecule has 3 heteroatoms. The van der Waals surface area contributed by atoms with E-state index in [9.17, 15) is 4.79 Å². The number of nitrogens with one attached hydrogen (secondary N) is 1. The fourth-order valence-electron chi connectivity index (χ4n) is 0.825. The summed E-state index contributed by atoms with van der Waals surface area (Å²) in [5.41, 5.74) is 0. The first-order chi connectivity index (χ1) is 5.77. The first-order valence-electron chi connectivity index (χ1n) is 4.37. The average Bonchev–Trinajstić information content (AvgIpc) is 2.02. The van der Waals surface area contributed by atoms with Gasteiger partial charge in [0.1, 0.15) is 6.54 Å². The second-order valence-corrected chi connectivity index (χ2v) is 2.67. The van der Waals surface area contributed by atoms with Gasteiger partial charge in [0.15, 0.2) is 0 Å². The summed E-state index contributed by atoms with van der Waals surface area (Å²) >= 11 is 0. The third-order valence-corrected chi connectivity index (χ3v) is 1.46. The second kappa shape index (κ2) is 8.11. The first-order valence-corrected chi connectivity index (χ1v) is 4.37. The van der Waals surface area contributed by atoms with Gasteiger partial charge in [0.05, 0.1) is 0 Å². The number of rotatable bonds is 7. The highest BCUT2D eigenvalue weighted by Crippen LogP contribution is 1.98. The Morgan fingerprint density at radius 3 is 2.83 bits per heavy atom. The molecule has 0 aromatic carbocycles. The Morgan fingerprint density at radius 2 is 2.25 bits per heavy atom. The molecule has 0 aliphatic carbocycles. The van der Waals surface area contributed by atoms with E-state index in [1.54, 1.807) is 6.20 Å². The van der Waals surface area contributed by atoms with Crippen LogP contribution in [0.1, 0.15) is 32.6 Å². The minimum absolute atomic E-state index is 0.00424. The van der Waals surface area contributed by atoms with Crippen LogP contribution in [0.15, 0.2) is 12.3 Å². The van der Waals surface area contributed by atoms with E-state index in [0.29, 0.717) is 0 Å². The third-order valence-electron chi connectivity index (χ3n) is 1.46. The normalized spacial score (nSPS) is 10.4. The molecule has 0 spiro atoms. The van der Waals surface area contributed by atoms with Gasteiger partial charge in [0, 0.05) is 0 Å². The number of unbranched alkanes of at least 4 members (excludes halogenated alkanes) is 3. The van der Waals surface area contributed by atoms with Gasteiger partial charge in [-0.3, -0.25) is 4.79 Å². The summed E-state index contributed by atoms with van der Waals surface area (Å²) in [6.45, 7) is 2.16. The minimum Gasteiger partial charge on any atom is -0.480 e. The Kier molecular flexibility index (Phi) is 7.44. The highest BCUT2D eigenvalue weighted by molar-refractivity contribution is 5.69. The lowest BCUT2D eigenvalue weighted by Gasteiger charge is -1.94. The molecule has 0 amide bonds. The van der Waals surface area contributed by atoms with Crippen LogP contribution in [-0.4, -0.2) is 17.6 Å². The van der Waals surface area contributed by atoms with Crippen molar-refractivity contribution in [2.24, 2.45) is 0 Å². The van der Waals surface area contributed by atoms with E-state index in [2.05, 4.69) is 12.2 Å². The molecule has 0 aliphatic rings. The average molecular weight is 171 g/mol. The molecule has 2 N–H and O–H groups in total. The van der Waals surface area contributed by atoms with Gasteiger partial charge in [0.25, 0.3) is 0 Å². The summed E-state index contributed by atoms with van der Waals surface area (Å²) in [7, 11) is 0. The van der Waals surface area contributed by atoms with E-state index in [1.807, 2.05) is 6.08 Å². The maximum absolute atomic E-state index is 10.0. The van der Waals surface area contributed by atoms with Crippen LogP contribution in [0.2, 0.25) is 0 Å². The summed E-state index contributed by atoms with van der Waals surface area (Å²) in [6.07, 6.45) is 8.35. The number of carboxylic acid groups (broad SMARTS) is 1. The Morgan fingerprint density at radius 1 is 1.50 bits per heavy atom. The molecular formula is C9H17NO2. The van der Waals surface area contributed by atoms with Crippen LogP contribution >= 0.6 is 0 Å². The molecule has 0 fully saturated rings. The van der Waals surface area contributed by atoms with E-state index < -0.39 is 5.97 Å². The number of hydrogen-bond acceptors (Lipinski definition) is 2. The summed E-state index contributed by atoms with van der Waals surface area (Å²) in [4.78, 5) is 10.0. The van der Waals surface area contributed by atoms with Gasteiger partial charge in [0.2, 0.25) is 0 Å². The van der Waals surface area contributed by atoms with Crippen molar-refractivity contribution in [3.63, 3.8) is 0 Å². The molecule has 12 heavy (non-hydrogen) atoms. The van der Waals surface area contributed by atoms with Crippen molar-refractivity contribution in [1.82, 2.24) is 5.32 Å². The monoisotopic (exact) mass is 171 g/mol. The van der Waals surface area contributed by atoms with Gasteiger partial charge >= 0.3 is 5.97 Å². The molecular weight excluding hydrogens is 154 g/mol. The van der Waals surface area contributed by atoms with Gasteiger partial charge in [-0.2, -0.15) is 0 Å². The lowest BCUT2D eigenvalue weighted by atomic mass is 10.2. The van der Waals surface area contributed by atoms with Crippen molar-refractivity contribution in [2.45, 2.75) is 32.6 Å². The molecule has 0 unspecified atom stereocenters. The number of carbonyl (C=O) groups is 1. The van der Waals surface area contributed by atoms with Crippen LogP contribution in [0.5, 0.6) is 0 Å². The lowest BCUT2D eigenvalue weighted by molar-refractivity contribution is -0.135. The molecule has 0 radical (unpaired) electrons. The number of aliphatic carboxylic acids is 1. The van der Waals surface area contributed by atoms with Crippen LogP contribution in [0, 0.1) is 0 Å². The SMILES string of the molecule is CCCCCC=CNCC(=O)O. The topological polar surface area (TPSA) is 49.3 Å². The number of allylic oxidation sites excluding steroid dienone is 1. The van der Waals surface area contributed by atoms with Crippen LogP contribution < -0.4 is 5.32 Å². The van der Waals surface area contributed by atoms with E-state index >= 15 is 0 Å². The highest BCUT2D eigenvalue weighted by Gasteiger charge is 1.89. The fourth-order valence-corrected chi connectivity index (χ4v) is 0.825. The van der Waals surface area contributed by atoms with Crippen LogP contribution in [-0.2, 0) is 4.79 Å². The Balaban J connectivity index is 3.09. The molecule has 70 valence electrons. The first kappa shape index (κ1) is 11.0. The zero-order valence-electron chi connectivity index (χ0n) is 7.55. The van der Waals surface area contributed by atoms with Crippen molar-refractivity contribution in [2.75, 3.05) is 6.54 Å². The van der Waals surface area contributed by atoms with Gasteiger partial charge in [-0.25, -0.2) is 0 Å². The predicted octanol–water partition coefficient (Wildman–Crippen LogP) is 1.75. The van der Waals surface area contributed by atoms with Crippen LogP contribution in [0.3, 0.4) is 0 Å². The predicted molar refractivity (Wildman–Crippen MR) is 48.9 cm³/mol. The summed E-state index contributed by atoms with van der Waals surface area (Å²) in [5, 5.41) is 10.9. The molecule has 0 atom stereocenters. The molecule has 0 aromatic heterocycles. The summed E-state index contributed by atoms with van der Waals surface area (Å²) in [6, 6.07) is 0. The quantitative estimate of drug-likeness (QED) is 0.574. The zero-order chi connectivity index (χ0) is 9.23. The van der Waals surface area contributed by atoms with Gasteiger partial charge in [-0.1, -0.05) is 25.8 Å². The zero-order valence-corrected chi connectivity index (χ0v) is 7.55. The molecule has 3 nitrogen and oxygen atoms in total. The molecule has 0 saturated heterocycles. The third kappa shape index (κ3) is 9.01. The molecule has 0 heterocycles. The second-order valence-electron chi connectivity index (χ2n) is 2.67. The maximum Gasteiger partial charge on any atom is 0.322 e. The molecule has 0 aromatic rings. The summed E-state index contributed by atoms with van der Waals surface area (Å²) < 4.78 is 0. The van der Waals surface area contributed by atoms with Gasteiger partial charge in [-0.05, 0) is 19.0 Å². The minimum atomic E-state index is -0.826. The smallest absolute Gasteiger partial charge is 0.322 e.